The minimum Gasteiger partial charge on any atom is -0.354 e. The van der Waals surface area contributed by atoms with Gasteiger partial charge in [-0.2, -0.15) is 0 Å². The standard InChI is InChI=1S/C19H16FN3O2/c20-14-3-1-2-12(10-14)13-4-5-15-16(11-13)22-17-6-7-18(24)21-8-9-23(17)19(15)25/h1-5,10-11H,6-9H2,(H,21,24). The number of amides is 1. The Morgan fingerprint density at radius 1 is 1.04 bits per heavy atom. The number of halogens is 1. The average molecular weight is 337 g/mol. The lowest BCUT2D eigenvalue weighted by Gasteiger charge is -2.17. The minimum absolute atomic E-state index is 0.0332. The summed E-state index contributed by atoms with van der Waals surface area (Å²) < 4.78 is 15.1. The SMILES string of the molecule is O=C1CCc2nc3cc(-c4cccc(F)c4)ccc3c(=O)n2CCN1. The maximum Gasteiger partial charge on any atom is 0.261 e. The van der Waals surface area contributed by atoms with Gasteiger partial charge in [0.15, 0.2) is 0 Å². The number of benzene rings is 2. The molecule has 1 amide bonds. The topological polar surface area (TPSA) is 64.0 Å². The number of fused-ring (bicyclic) bond motifs is 2. The monoisotopic (exact) mass is 337 g/mol. The van der Waals surface area contributed by atoms with Gasteiger partial charge in [-0.05, 0) is 35.4 Å². The molecule has 1 aliphatic rings. The van der Waals surface area contributed by atoms with E-state index in [9.17, 15) is 14.0 Å². The largest absolute Gasteiger partial charge is 0.354 e. The number of carbonyl (C=O) groups excluding carboxylic acids is 1. The molecule has 1 N–H and O–H groups in total. The van der Waals surface area contributed by atoms with Crippen LogP contribution in [0.2, 0.25) is 0 Å². The molecule has 0 bridgehead atoms. The third-order valence-electron chi connectivity index (χ3n) is 4.43. The molecule has 0 spiro atoms. The van der Waals surface area contributed by atoms with Gasteiger partial charge >= 0.3 is 0 Å². The van der Waals surface area contributed by atoms with Gasteiger partial charge in [0.2, 0.25) is 5.91 Å². The quantitative estimate of drug-likeness (QED) is 0.741. The Morgan fingerprint density at radius 3 is 2.72 bits per heavy atom. The van der Waals surface area contributed by atoms with Crippen LogP contribution in [0.3, 0.4) is 0 Å². The van der Waals surface area contributed by atoms with E-state index < -0.39 is 0 Å². The van der Waals surface area contributed by atoms with Gasteiger partial charge < -0.3 is 5.32 Å². The molecule has 6 heteroatoms. The van der Waals surface area contributed by atoms with Crippen LogP contribution in [-0.2, 0) is 17.8 Å². The van der Waals surface area contributed by atoms with E-state index in [1.165, 1.54) is 12.1 Å². The molecular formula is C19H16FN3O2. The Balaban J connectivity index is 1.87. The van der Waals surface area contributed by atoms with Gasteiger partial charge in [-0.1, -0.05) is 18.2 Å². The Labute approximate surface area is 143 Å². The van der Waals surface area contributed by atoms with E-state index in [-0.39, 0.29) is 17.3 Å². The van der Waals surface area contributed by atoms with Gasteiger partial charge in [0.05, 0.1) is 10.9 Å². The van der Waals surface area contributed by atoms with Gasteiger partial charge in [0.25, 0.3) is 5.56 Å². The van der Waals surface area contributed by atoms with Crippen LogP contribution in [0.25, 0.3) is 22.0 Å². The molecule has 0 radical (unpaired) electrons. The summed E-state index contributed by atoms with van der Waals surface area (Å²) in [5.74, 6) is 0.271. The summed E-state index contributed by atoms with van der Waals surface area (Å²) in [5, 5.41) is 3.30. The van der Waals surface area contributed by atoms with E-state index in [2.05, 4.69) is 10.3 Å². The molecule has 2 aromatic carbocycles. The zero-order valence-electron chi connectivity index (χ0n) is 13.5. The van der Waals surface area contributed by atoms with Crippen molar-refractivity contribution in [2.75, 3.05) is 6.54 Å². The average Bonchev–Trinajstić information content (AvgIpc) is 2.60. The lowest BCUT2D eigenvalue weighted by molar-refractivity contribution is -0.121. The molecular weight excluding hydrogens is 321 g/mol. The fourth-order valence-corrected chi connectivity index (χ4v) is 3.16. The number of rotatable bonds is 1. The first-order chi connectivity index (χ1) is 12.1. The van der Waals surface area contributed by atoms with Crippen LogP contribution in [0.1, 0.15) is 12.2 Å². The second-order valence-corrected chi connectivity index (χ2v) is 6.08. The molecule has 3 aromatic rings. The molecule has 1 aromatic heterocycles. The molecule has 126 valence electrons. The first kappa shape index (κ1) is 15.5. The fraction of sp³-hybridized carbons (Fsp3) is 0.211. The molecule has 1 aliphatic heterocycles. The molecule has 5 nitrogen and oxygen atoms in total. The highest BCUT2D eigenvalue weighted by molar-refractivity contribution is 5.84. The summed E-state index contributed by atoms with van der Waals surface area (Å²) in [5.41, 5.74) is 1.99. The van der Waals surface area contributed by atoms with Crippen molar-refractivity contribution >= 4 is 16.8 Å². The Bertz CT molecular complexity index is 1040. The molecule has 0 saturated heterocycles. The number of nitrogens with one attached hydrogen (secondary N) is 1. The van der Waals surface area contributed by atoms with Crippen molar-refractivity contribution in [1.82, 2.24) is 14.9 Å². The van der Waals surface area contributed by atoms with Crippen molar-refractivity contribution in [3.05, 3.63) is 64.5 Å². The maximum absolute atomic E-state index is 13.5. The van der Waals surface area contributed by atoms with E-state index in [4.69, 9.17) is 0 Å². The second-order valence-electron chi connectivity index (χ2n) is 6.08. The fourth-order valence-electron chi connectivity index (χ4n) is 3.16. The van der Waals surface area contributed by atoms with Crippen LogP contribution in [0.5, 0.6) is 0 Å². The minimum atomic E-state index is -0.310. The van der Waals surface area contributed by atoms with Crippen LogP contribution in [0.4, 0.5) is 4.39 Å². The lowest BCUT2D eigenvalue weighted by Crippen LogP contribution is -2.36. The number of nitrogens with zero attached hydrogens (tertiary/aromatic N) is 2. The van der Waals surface area contributed by atoms with E-state index in [1.54, 1.807) is 28.8 Å². The Hall–Kier alpha value is -3.02. The molecule has 4 rings (SSSR count). The predicted octanol–water partition coefficient (Wildman–Crippen LogP) is 2.26. The summed E-state index contributed by atoms with van der Waals surface area (Å²) in [4.78, 5) is 29.0. The Morgan fingerprint density at radius 2 is 1.88 bits per heavy atom. The zero-order valence-corrected chi connectivity index (χ0v) is 13.5. The third-order valence-corrected chi connectivity index (χ3v) is 4.43. The number of hydrogen-bond donors (Lipinski definition) is 1. The van der Waals surface area contributed by atoms with Gasteiger partial charge in [-0.25, -0.2) is 9.37 Å². The van der Waals surface area contributed by atoms with Crippen LogP contribution < -0.4 is 10.9 Å². The van der Waals surface area contributed by atoms with E-state index in [0.717, 1.165) is 11.1 Å². The summed E-state index contributed by atoms with van der Waals surface area (Å²) in [6.07, 6.45) is 0.725. The van der Waals surface area contributed by atoms with Crippen LogP contribution >= 0.6 is 0 Å². The first-order valence-corrected chi connectivity index (χ1v) is 8.18. The highest BCUT2D eigenvalue weighted by atomic mass is 19.1. The summed E-state index contributed by atoms with van der Waals surface area (Å²) in [7, 11) is 0. The van der Waals surface area contributed by atoms with Crippen molar-refractivity contribution < 1.29 is 9.18 Å². The second kappa shape index (κ2) is 6.12. The maximum atomic E-state index is 13.5. The van der Waals surface area contributed by atoms with Crippen molar-refractivity contribution in [3.8, 4) is 11.1 Å². The van der Waals surface area contributed by atoms with Crippen LogP contribution in [0, 0.1) is 5.82 Å². The zero-order chi connectivity index (χ0) is 17.4. The third kappa shape index (κ3) is 2.91. The molecule has 0 saturated carbocycles. The summed E-state index contributed by atoms with van der Waals surface area (Å²) in [6, 6.07) is 11.6. The molecule has 25 heavy (non-hydrogen) atoms. The number of aryl methyl sites for hydroxylation is 1. The van der Waals surface area contributed by atoms with Crippen molar-refractivity contribution in [3.63, 3.8) is 0 Å². The normalized spacial score (nSPS) is 14.5. The van der Waals surface area contributed by atoms with Gasteiger partial charge in [0, 0.05) is 25.9 Å². The first-order valence-electron chi connectivity index (χ1n) is 8.18. The van der Waals surface area contributed by atoms with E-state index in [1.807, 2.05) is 6.07 Å². The van der Waals surface area contributed by atoms with Crippen LogP contribution in [0.15, 0.2) is 47.3 Å². The van der Waals surface area contributed by atoms with Gasteiger partial charge in [-0.15, -0.1) is 0 Å². The summed E-state index contributed by atoms with van der Waals surface area (Å²) in [6.45, 7) is 0.828. The highest BCUT2D eigenvalue weighted by Gasteiger charge is 2.15. The molecule has 0 aliphatic carbocycles. The number of hydrogen-bond acceptors (Lipinski definition) is 3. The van der Waals surface area contributed by atoms with Gasteiger partial charge in [-0.3, -0.25) is 14.2 Å². The van der Waals surface area contributed by atoms with E-state index >= 15 is 0 Å². The smallest absolute Gasteiger partial charge is 0.261 e. The molecule has 0 fully saturated rings. The predicted molar refractivity (Wildman–Crippen MR) is 92.7 cm³/mol. The van der Waals surface area contributed by atoms with Crippen molar-refractivity contribution in [2.24, 2.45) is 0 Å². The van der Waals surface area contributed by atoms with Crippen molar-refractivity contribution in [1.29, 1.82) is 0 Å². The lowest BCUT2D eigenvalue weighted by atomic mass is 10.0. The van der Waals surface area contributed by atoms with Crippen molar-refractivity contribution in [2.45, 2.75) is 19.4 Å². The van der Waals surface area contributed by atoms with E-state index in [0.29, 0.717) is 42.7 Å². The number of aromatic nitrogens is 2. The van der Waals surface area contributed by atoms with Crippen LogP contribution in [-0.4, -0.2) is 22.0 Å². The highest BCUT2D eigenvalue weighted by Crippen LogP contribution is 2.23. The summed E-state index contributed by atoms with van der Waals surface area (Å²) >= 11 is 0. The Kier molecular flexibility index (Phi) is 3.80. The van der Waals surface area contributed by atoms with Gasteiger partial charge in [0.1, 0.15) is 11.6 Å². The molecule has 2 heterocycles. The molecule has 0 unspecified atom stereocenters. The molecule has 0 atom stereocenters. The number of carbonyl (C=O) groups is 1.